The first kappa shape index (κ1) is 17.9. The lowest BCUT2D eigenvalue weighted by Crippen LogP contribution is -2.28. The molecule has 1 atom stereocenters. The maximum atomic E-state index is 12.1. The van der Waals surface area contributed by atoms with Crippen molar-refractivity contribution in [2.24, 2.45) is 5.73 Å². The zero-order chi connectivity index (χ0) is 17.8. The van der Waals surface area contributed by atoms with E-state index < -0.39 is 6.10 Å². The Bertz CT molecular complexity index is 768. The average molecular weight is 384 g/mol. The third kappa shape index (κ3) is 4.21. The minimum atomic E-state index is -0.931. The second-order valence-corrected chi connectivity index (χ2v) is 6.77. The number of nitrogens with zero attached hydrogens (tertiary/aromatic N) is 1. The standard InChI is InChI=1S/C16H18ClN3O4S/c17-10-5-9(6-13-15(10)24-4-3-23-13)12(21)7-19-16(22)11-8-25-14(20-11)1-2-18/h5-6,8,12,21H,1-4,7,18H2,(H,19,22). The number of carbonyl (C=O) groups excluding carboxylic acids is 1. The van der Waals surface area contributed by atoms with Gasteiger partial charge in [0.25, 0.3) is 5.91 Å². The fourth-order valence-corrected chi connectivity index (χ4v) is 3.44. The van der Waals surface area contributed by atoms with E-state index in [0.717, 1.165) is 5.01 Å². The van der Waals surface area contributed by atoms with Crippen molar-refractivity contribution < 1.29 is 19.4 Å². The summed E-state index contributed by atoms with van der Waals surface area (Å²) >= 11 is 7.55. The highest BCUT2D eigenvalue weighted by atomic mass is 35.5. The number of fused-ring (bicyclic) bond motifs is 1. The molecule has 0 bridgehead atoms. The van der Waals surface area contributed by atoms with Crippen molar-refractivity contribution in [1.29, 1.82) is 0 Å². The molecule has 1 aromatic heterocycles. The van der Waals surface area contributed by atoms with Crippen molar-refractivity contribution in [2.75, 3.05) is 26.3 Å². The van der Waals surface area contributed by atoms with Gasteiger partial charge < -0.3 is 25.6 Å². The lowest BCUT2D eigenvalue weighted by Gasteiger charge is -2.21. The largest absolute Gasteiger partial charge is 0.486 e. The molecule has 0 aliphatic carbocycles. The van der Waals surface area contributed by atoms with E-state index in [1.54, 1.807) is 17.5 Å². The Balaban J connectivity index is 1.63. The van der Waals surface area contributed by atoms with Crippen LogP contribution < -0.4 is 20.5 Å². The number of benzene rings is 1. The van der Waals surface area contributed by atoms with Gasteiger partial charge in [-0.05, 0) is 24.2 Å². The Morgan fingerprint density at radius 3 is 3.04 bits per heavy atom. The normalized spacial score (nSPS) is 14.2. The van der Waals surface area contributed by atoms with Crippen LogP contribution in [-0.4, -0.2) is 42.3 Å². The molecule has 7 nitrogen and oxygen atoms in total. The van der Waals surface area contributed by atoms with Gasteiger partial charge in [-0.1, -0.05) is 11.6 Å². The van der Waals surface area contributed by atoms with E-state index in [1.807, 2.05) is 0 Å². The van der Waals surface area contributed by atoms with Gasteiger partial charge in [-0.2, -0.15) is 0 Å². The van der Waals surface area contributed by atoms with Crippen LogP contribution in [0.4, 0.5) is 0 Å². The molecule has 0 saturated carbocycles. The maximum absolute atomic E-state index is 12.1. The first-order valence-corrected chi connectivity index (χ1v) is 9.04. The van der Waals surface area contributed by atoms with Crippen LogP contribution >= 0.6 is 22.9 Å². The monoisotopic (exact) mass is 383 g/mol. The van der Waals surface area contributed by atoms with Crippen LogP contribution in [0.2, 0.25) is 5.02 Å². The van der Waals surface area contributed by atoms with E-state index in [0.29, 0.717) is 54.0 Å². The molecule has 9 heteroatoms. The third-order valence-corrected chi connectivity index (χ3v) is 4.79. The topological polar surface area (TPSA) is 107 Å². The summed E-state index contributed by atoms with van der Waals surface area (Å²) in [6.07, 6.45) is -0.296. The van der Waals surface area contributed by atoms with Crippen LogP contribution in [0.3, 0.4) is 0 Å². The number of hydrogen-bond donors (Lipinski definition) is 3. The quantitative estimate of drug-likeness (QED) is 0.698. The molecule has 134 valence electrons. The number of carbonyl (C=O) groups is 1. The number of hydrogen-bond acceptors (Lipinski definition) is 7. The highest BCUT2D eigenvalue weighted by Gasteiger charge is 2.20. The number of nitrogens with one attached hydrogen (secondary N) is 1. The van der Waals surface area contributed by atoms with E-state index in [1.165, 1.54) is 11.3 Å². The molecule has 1 unspecified atom stereocenters. The second kappa shape index (κ2) is 8.01. The summed E-state index contributed by atoms with van der Waals surface area (Å²) in [5, 5.41) is 15.8. The van der Waals surface area contributed by atoms with Gasteiger partial charge >= 0.3 is 0 Å². The summed E-state index contributed by atoms with van der Waals surface area (Å²) in [4.78, 5) is 16.3. The highest BCUT2D eigenvalue weighted by Crippen LogP contribution is 2.39. The van der Waals surface area contributed by atoms with Gasteiger partial charge in [0.1, 0.15) is 18.9 Å². The van der Waals surface area contributed by atoms with Gasteiger partial charge in [0.05, 0.1) is 16.1 Å². The molecule has 1 aliphatic heterocycles. The number of amides is 1. The van der Waals surface area contributed by atoms with E-state index in [-0.39, 0.29) is 12.5 Å². The number of aromatic nitrogens is 1. The number of ether oxygens (including phenoxy) is 2. The third-order valence-electron chi connectivity index (χ3n) is 3.60. The zero-order valence-corrected chi connectivity index (χ0v) is 14.9. The van der Waals surface area contributed by atoms with E-state index in [4.69, 9.17) is 26.8 Å². The number of aliphatic hydroxyl groups excluding tert-OH is 1. The summed E-state index contributed by atoms with van der Waals surface area (Å²) in [7, 11) is 0. The molecule has 2 heterocycles. The summed E-state index contributed by atoms with van der Waals surface area (Å²) < 4.78 is 10.9. The molecule has 0 spiro atoms. The molecule has 3 rings (SSSR count). The first-order valence-electron chi connectivity index (χ1n) is 7.78. The van der Waals surface area contributed by atoms with Crippen molar-refractivity contribution in [3.05, 3.63) is 38.8 Å². The minimum Gasteiger partial charge on any atom is -0.486 e. The van der Waals surface area contributed by atoms with Gasteiger partial charge in [-0.15, -0.1) is 11.3 Å². The Morgan fingerprint density at radius 1 is 1.44 bits per heavy atom. The van der Waals surface area contributed by atoms with Crippen LogP contribution in [0.25, 0.3) is 0 Å². The Morgan fingerprint density at radius 2 is 2.24 bits per heavy atom. The smallest absolute Gasteiger partial charge is 0.270 e. The SMILES string of the molecule is NCCc1nc(C(=O)NCC(O)c2cc(Cl)c3c(c2)OCCO3)cs1. The zero-order valence-electron chi connectivity index (χ0n) is 13.3. The van der Waals surface area contributed by atoms with Crippen molar-refractivity contribution in [1.82, 2.24) is 10.3 Å². The van der Waals surface area contributed by atoms with Crippen molar-refractivity contribution in [2.45, 2.75) is 12.5 Å². The number of halogens is 1. The summed E-state index contributed by atoms with van der Waals surface area (Å²) in [5.41, 5.74) is 6.33. The summed E-state index contributed by atoms with van der Waals surface area (Å²) in [6.45, 7) is 1.37. The van der Waals surface area contributed by atoms with Crippen LogP contribution in [0.5, 0.6) is 11.5 Å². The highest BCUT2D eigenvalue weighted by molar-refractivity contribution is 7.09. The van der Waals surface area contributed by atoms with Gasteiger partial charge in [0.2, 0.25) is 0 Å². The van der Waals surface area contributed by atoms with Crippen molar-refractivity contribution in [3.8, 4) is 11.5 Å². The Hall–Kier alpha value is -1.87. The fourth-order valence-electron chi connectivity index (χ4n) is 2.37. The molecule has 1 aromatic carbocycles. The molecular weight excluding hydrogens is 366 g/mol. The number of thiazole rings is 1. The Kier molecular flexibility index (Phi) is 5.74. The molecule has 4 N–H and O–H groups in total. The predicted octanol–water partition coefficient (Wildman–Crippen LogP) is 1.53. The number of rotatable bonds is 6. The Labute approximate surface area is 153 Å². The molecule has 0 saturated heterocycles. The molecule has 2 aromatic rings. The molecule has 25 heavy (non-hydrogen) atoms. The molecular formula is C16H18ClN3O4S. The van der Waals surface area contributed by atoms with Crippen LogP contribution in [0, 0.1) is 0 Å². The van der Waals surface area contributed by atoms with E-state index in [2.05, 4.69) is 10.3 Å². The summed E-state index contributed by atoms with van der Waals surface area (Å²) in [6, 6.07) is 3.27. The molecule has 0 fully saturated rings. The summed E-state index contributed by atoms with van der Waals surface area (Å²) in [5.74, 6) is 0.620. The second-order valence-electron chi connectivity index (χ2n) is 5.42. The van der Waals surface area contributed by atoms with Gasteiger partial charge in [0, 0.05) is 18.3 Å². The lowest BCUT2D eigenvalue weighted by atomic mass is 10.1. The maximum Gasteiger partial charge on any atom is 0.270 e. The first-order chi connectivity index (χ1) is 12.1. The predicted molar refractivity (Wildman–Crippen MR) is 94.6 cm³/mol. The van der Waals surface area contributed by atoms with E-state index >= 15 is 0 Å². The average Bonchev–Trinajstić information content (AvgIpc) is 3.08. The van der Waals surface area contributed by atoms with Gasteiger partial charge in [-0.25, -0.2) is 4.98 Å². The number of aliphatic hydroxyl groups is 1. The minimum absolute atomic E-state index is 0.0263. The van der Waals surface area contributed by atoms with E-state index in [9.17, 15) is 9.90 Å². The number of nitrogens with two attached hydrogens (primary N) is 1. The van der Waals surface area contributed by atoms with Crippen LogP contribution in [-0.2, 0) is 6.42 Å². The molecule has 1 amide bonds. The molecule has 0 radical (unpaired) electrons. The van der Waals surface area contributed by atoms with Crippen molar-refractivity contribution >= 4 is 28.8 Å². The van der Waals surface area contributed by atoms with Gasteiger partial charge in [0.15, 0.2) is 11.5 Å². The fraction of sp³-hybridized carbons (Fsp3) is 0.375. The van der Waals surface area contributed by atoms with Gasteiger partial charge in [-0.3, -0.25) is 4.79 Å². The van der Waals surface area contributed by atoms with Crippen LogP contribution in [0.1, 0.15) is 27.2 Å². The van der Waals surface area contributed by atoms with Crippen molar-refractivity contribution in [3.63, 3.8) is 0 Å². The van der Waals surface area contributed by atoms with Crippen LogP contribution in [0.15, 0.2) is 17.5 Å². The molecule has 1 aliphatic rings. The lowest BCUT2D eigenvalue weighted by molar-refractivity contribution is 0.0911.